The van der Waals surface area contributed by atoms with Crippen molar-refractivity contribution in [2.75, 3.05) is 6.61 Å². The number of benzene rings is 1. The summed E-state index contributed by atoms with van der Waals surface area (Å²) >= 11 is 1.17. The molecule has 0 aliphatic carbocycles. The summed E-state index contributed by atoms with van der Waals surface area (Å²) in [6, 6.07) is 5.58. The number of nitro benzene ring substituents is 1. The van der Waals surface area contributed by atoms with Crippen molar-refractivity contribution in [2.24, 2.45) is 5.92 Å². The standard InChI is InChI=1S/C20H22N2O7S/c1-3-5-14-17(23)21-15(16(30-18(14)21)20(25)28-10-4-2)19(24)29-11-12-6-8-13(9-7-12)22(26)27/h6-9,14,18H,3-5,10-11H2,1-2H3/t14-,18+/m0/s1. The number of nitrogens with zero attached hydrogens (tertiary/aromatic N) is 2. The minimum Gasteiger partial charge on any atom is -0.462 e. The summed E-state index contributed by atoms with van der Waals surface area (Å²) in [6.45, 7) is 3.90. The van der Waals surface area contributed by atoms with Gasteiger partial charge in [-0.15, -0.1) is 0 Å². The molecule has 2 aliphatic heterocycles. The first-order valence-corrected chi connectivity index (χ1v) is 10.6. The van der Waals surface area contributed by atoms with Crippen LogP contribution in [0.3, 0.4) is 0 Å². The van der Waals surface area contributed by atoms with Gasteiger partial charge in [-0.05, 0) is 30.5 Å². The number of amides is 1. The van der Waals surface area contributed by atoms with Crippen LogP contribution in [0, 0.1) is 16.0 Å². The van der Waals surface area contributed by atoms with E-state index in [1.807, 2.05) is 13.8 Å². The zero-order chi connectivity index (χ0) is 21.8. The fraction of sp³-hybridized carbons (Fsp3) is 0.450. The van der Waals surface area contributed by atoms with Crippen molar-refractivity contribution in [2.45, 2.75) is 45.1 Å². The second-order valence-corrected chi connectivity index (χ2v) is 8.05. The minimum absolute atomic E-state index is 0.0723. The summed E-state index contributed by atoms with van der Waals surface area (Å²) in [7, 11) is 0. The second-order valence-electron chi connectivity index (χ2n) is 6.93. The first-order valence-electron chi connectivity index (χ1n) is 9.70. The van der Waals surface area contributed by atoms with Gasteiger partial charge < -0.3 is 9.47 Å². The van der Waals surface area contributed by atoms with Gasteiger partial charge in [-0.2, -0.15) is 0 Å². The van der Waals surface area contributed by atoms with Gasteiger partial charge in [0.05, 0.1) is 22.8 Å². The second kappa shape index (κ2) is 9.29. The number of rotatable bonds is 9. The SMILES string of the molecule is CCCOC(=O)C1=C(C(=O)OCc2ccc([N+](=O)[O-])cc2)N2C(=O)[C@H](CCC)[C@H]2S1. The number of carbonyl (C=O) groups is 3. The molecule has 0 spiro atoms. The minimum atomic E-state index is -0.796. The molecule has 0 bridgehead atoms. The summed E-state index contributed by atoms with van der Waals surface area (Å²) in [6.07, 6.45) is 2.13. The molecule has 2 heterocycles. The molecule has 2 atom stereocenters. The molecule has 160 valence electrons. The van der Waals surface area contributed by atoms with Gasteiger partial charge in [0.15, 0.2) is 5.70 Å². The monoisotopic (exact) mass is 434 g/mol. The lowest BCUT2D eigenvalue weighted by Crippen LogP contribution is -2.57. The van der Waals surface area contributed by atoms with E-state index in [4.69, 9.17) is 9.47 Å². The zero-order valence-corrected chi connectivity index (χ0v) is 17.5. The average molecular weight is 434 g/mol. The molecule has 1 amide bonds. The quantitative estimate of drug-likeness (QED) is 0.252. The van der Waals surface area contributed by atoms with Crippen LogP contribution in [0.1, 0.15) is 38.7 Å². The summed E-state index contributed by atoms with van der Waals surface area (Å²) < 4.78 is 10.5. The van der Waals surface area contributed by atoms with Gasteiger partial charge in [-0.3, -0.25) is 19.8 Å². The van der Waals surface area contributed by atoms with E-state index in [2.05, 4.69) is 0 Å². The molecule has 0 unspecified atom stereocenters. The van der Waals surface area contributed by atoms with Gasteiger partial charge >= 0.3 is 11.9 Å². The molecule has 0 N–H and O–H groups in total. The zero-order valence-electron chi connectivity index (χ0n) is 16.7. The van der Waals surface area contributed by atoms with E-state index in [-0.39, 0.29) is 46.7 Å². The van der Waals surface area contributed by atoms with E-state index < -0.39 is 16.9 Å². The number of thioether (sulfide) groups is 1. The molecule has 9 nitrogen and oxygen atoms in total. The van der Waals surface area contributed by atoms with Gasteiger partial charge in [0.1, 0.15) is 11.5 Å². The number of nitro groups is 1. The maximum Gasteiger partial charge on any atom is 0.356 e. The first-order chi connectivity index (χ1) is 14.4. The third-order valence-corrected chi connectivity index (χ3v) is 6.16. The van der Waals surface area contributed by atoms with Gasteiger partial charge in [0, 0.05) is 12.1 Å². The highest BCUT2D eigenvalue weighted by Gasteiger charge is 2.57. The number of hydrogen-bond acceptors (Lipinski definition) is 8. The van der Waals surface area contributed by atoms with E-state index in [9.17, 15) is 24.5 Å². The molecule has 0 saturated carbocycles. The predicted molar refractivity (Wildman–Crippen MR) is 108 cm³/mol. The van der Waals surface area contributed by atoms with Gasteiger partial charge in [0.25, 0.3) is 5.69 Å². The predicted octanol–water partition coefficient (Wildman–Crippen LogP) is 3.13. The van der Waals surface area contributed by atoms with Crippen molar-refractivity contribution in [3.63, 3.8) is 0 Å². The lowest BCUT2D eigenvalue weighted by molar-refractivity contribution is -0.384. The Kier molecular flexibility index (Phi) is 6.76. The lowest BCUT2D eigenvalue weighted by atomic mass is 9.92. The molecule has 2 aliphatic rings. The normalized spacial score (nSPS) is 19.9. The van der Waals surface area contributed by atoms with E-state index >= 15 is 0 Å². The van der Waals surface area contributed by atoms with Crippen molar-refractivity contribution < 1.29 is 28.8 Å². The first kappa shape index (κ1) is 21.8. The molecule has 30 heavy (non-hydrogen) atoms. The molecule has 1 aromatic rings. The molecular formula is C20H22N2O7S. The topological polar surface area (TPSA) is 116 Å². The van der Waals surface area contributed by atoms with E-state index in [1.165, 1.54) is 40.9 Å². The van der Waals surface area contributed by atoms with Gasteiger partial charge in [-0.1, -0.05) is 32.0 Å². The third-order valence-electron chi connectivity index (χ3n) is 4.78. The number of hydrogen-bond donors (Lipinski definition) is 0. The molecule has 3 rings (SSSR count). The highest BCUT2D eigenvalue weighted by Crippen LogP contribution is 2.51. The van der Waals surface area contributed by atoms with Crippen molar-refractivity contribution in [1.29, 1.82) is 0 Å². The van der Waals surface area contributed by atoms with Crippen LogP contribution < -0.4 is 0 Å². The van der Waals surface area contributed by atoms with E-state index in [0.717, 1.165) is 6.42 Å². The number of β-lactam (4-membered cyclic amide) rings is 1. The largest absolute Gasteiger partial charge is 0.462 e. The van der Waals surface area contributed by atoms with Crippen LogP contribution in [0.25, 0.3) is 0 Å². The fourth-order valence-electron chi connectivity index (χ4n) is 3.29. The van der Waals surface area contributed by atoms with Crippen molar-refractivity contribution in [3.8, 4) is 0 Å². The summed E-state index contributed by atoms with van der Waals surface area (Å²) in [5.41, 5.74) is 0.396. The van der Waals surface area contributed by atoms with Gasteiger partial charge in [0.2, 0.25) is 5.91 Å². The van der Waals surface area contributed by atoms with Crippen LogP contribution in [0.4, 0.5) is 5.69 Å². The highest BCUT2D eigenvalue weighted by molar-refractivity contribution is 8.05. The number of fused-ring (bicyclic) bond motifs is 1. The van der Waals surface area contributed by atoms with Crippen LogP contribution in [0.2, 0.25) is 0 Å². The Bertz CT molecular complexity index is 897. The van der Waals surface area contributed by atoms with Crippen molar-refractivity contribution in [3.05, 3.63) is 50.5 Å². The third kappa shape index (κ3) is 4.18. The van der Waals surface area contributed by atoms with Crippen LogP contribution in [-0.2, 0) is 30.5 Å². The Labute approximate surface area is 177 Å². The Balaban J connectivity index is 1.76. The number of ether oxygens (including phenoxy) is 2. The summed E-state index contributed by atoms with van der Waals surface area (Å²) in [5.74, 6) is -1.87. The van der Waals surface area contributed by atoms with E-state index in [1.54, 1.807) is 0 Å². The highest BCUT2D eigenvalue weighted by atomic mass is 32.2. The number of esters is 2. The molecule has 0 aromatic heterocycles. The van der Waals surface area contributed by atoms with Crippen LogP contribution in [-0.4, -0.2) is 39.6 Å². The molecule has 1 saturated heterocycles. The maximum absolute atomic E-state index is 12.8. The fourth-order valence-corrected chi connectivity index (χ4v) is 4.71. The van der Waals surface area contributed by atoms with Crippen LogP contribution >= 0.6 is 11.8 Å². The Hall–Kier alpha value is -2.88. The van der Waals surface area contributed by atoms with Gasteiger partial charge in [-0.25, -0.2) is 9.59 Å². The van der Waals surface area contributed by atoms with E-state index in [0.29, 0.717) is 18.4 Å². The summed E-state index contributed by atoms with van der Waals surface area (Å²) in [4.78, 5) is 49.4. The molecule has 1 fully saturated rings. The Morgan fingerprint density at radius 3 is 2.43 bits per heavy atom. The van der Waals surface area contributed by atoms with Crippen molar-refractivity contribution >= 4 is 35.3 Å². The van der Waals surface area contributed by atoms with Crippen LogP contribution in [0.5, 0.6) is 0 Å². The Morgan fingerprint density at radius 1 is 1.13 bits per heavy atom. The number of carbonyl (C=O) groups excluding carboxylic acids is 3. The maximum atomic E-state index is 12.8. The Morgan fingerprint density at radius 2 is 1.83 bits per heavy atom. The number of non-ortho nitro benzene ring substituents is 1. The summed E-state index contributed by atoms with van der Waals surface area (Å²) in [5, 5.41) is 10.4. The molecule has 1 aromatic carbocycles. The molecule has 10 heteroatoms. The molecule has 0 radical (unpaired) electrons. The smallest absolute Gasteiger partial charge is 0.356 e. The average Bonchev–Trinajstić information content (AvgIpc) is 3.10. The molecular weight excluding hydrogens is 412 g/mol. The lowest BCUT2D eigenvalue weighted by Gasteiger charge is -2.42. The van der Waals surface area contributed by atoms with Crippen molar-refractivity contribution in [1.82, 2.24) is 4.90 Å². The van der Waals surface area contributed by atoms with Crippen LogP contribution in [0.15, 0.2) is 34.9 Å².